The molecule has 0 bridgehead atoms. The van der Waals surface area contributed by atoms with Crippen LogP contribution in [0.25, 0.3) is 0 Å². The molecule has 1 heterocycles. The van der Waals surface area contributed by atoms with Gasteiger partial charge < -0.3 is 10.6 Å². The van der Waals surface area contributed by atoms with E-state index in [2.05, 4.69) is 15.6 Å². The van der Waals surface area contributed by atoms with Crippen molar-refractivity contribution < 1.29 is 26.3 Å². The third-order valence-corrected chi connectivity index (χ3v) is 4.34. The van der Waals surface area contributed by atoms with Gasteiger partial charge in [-0.15, -0.1) is 0 Å². The molecule has 0 aliphatic heterocycles. The summed E-state index contributed by atoms with van der Waals surface area (Å²) in [6.45, 7) is 2.48. The fourth-order valence-corrected chi connectivity index (χ4v) is 2.84. The zero-order valence-electron chi connectivity index (χ0n) is 15.4. The second-order valence-corrected chi connectivity index (χ2v) is 6.65. The van der Waals surface area contributed by atoms with Gasteiger partial charge in [-0.3, -0.25) is 4.98 Å². The van der Waals surface area contributed by atoms with Crippen molar-refractivity contribution in [3.8, 4) is 0 Å². The molecule has 1 aromatic heterocycles. The highest BCUT2D eigenvalue weighted by Gasteiger charge is 2.37. The summed E-state index contributed by atoms with van der Waals surface area (Å²) in [5.41, 5.74) is -2.10. The van der Waals surface area contributed by atoms with Crippen molar-refractivity contribution in [3.05, 3.63) is 65.0 Å². The molecular formula is C19H19F6N3S. The van der Waals surface area contributed by atoms with Crippen LogP contribution in [-0.4, -0.2) is 16.6 Å². The van der Waals surface area contributed by atoms with E-state index in [1.165, 1.54) is 6.20 Å². The van der Waals surface area contributed by atoms with E-state index in [1.807, 2.05) is 6.92 Å². The summed E-state index contributed by atoms with van der Waals surface area (Å²) >= 11 is 5.15. The van der Waals surface area contributed by atoms with Crippen molar-refractivity contribution in [1.29, 1.82) is 0 Å². The fourth-order valence-electron chi connectivity index (χ4n) is 2.62. The lowest BCUT2D eigenvalue weighted by Crippen LogP contribution is -2.39. The Morgan fingerprint density at radius 1 is 1.03 bits per heavy atom. The van der Waals surface area contributed by atoms with Crippen molar-refractivity contribution in [2.45, 2.75) is 38.2 Å². The first-order chi connectivity index (χ1) is 13.5. The van der Waals surface area contributed by atoms with Crippen LogP contribution in [0, 0.1) is 0 Å². The standard InChI is InChI=1S/C19H19F6N3S/c1-2-3-10-27-17(29)28-15(12-6-8-13(9-7-12)18(20,21)22)16-14(19(23,24)25)5-4-11-26-16/h4-9,11,15H,2-3,10H2,1H3,(H2,27,28,29). The number of nitrogens with one attached hydrogen (secondary N) is 2. The zero-order chi connectivity index (χ0) is 21.7. The van der Waals surface area contributed by atoms with Crippen LogP contribution in [0.15, 0.2) is 42.6 Å². The van der Waals surface area contributed by atoms with Crippen molar-refractivity contribution >= 4 is 17.3 Å². The lowest BCUT2D eigenvalue weighted by atomic mass is 9.98. The van der Waals surface area contributed by atoms with E-state index in [0.717, 1.165) is 49.2 Å². The normalized spacial score (nSPS) is 13.1. The molecular weight excluding hydrogens is 416 g/mol. The lowest BCUT2D eigenvalue weighted by molar-refractivity contribution is -0.139. The van der Waals surface area contributed by atoms with Crippen molar-refractivity contribution in [3.63, 3.8) is 0 Å². The van der Waals surface area contributed by atoms with Gasteiger partial charge in [0.2, 0.25) is 0 Å². The summed E-state index contributed by atoms with van der Waals surface area (Å²) in [4.78, 5) is 3.85. The van der Waals surface area contributed by atoms with Crippen LogP contribution in [0.3, 0.4) is 0 Å². The van der Waals surface area contributed by atoms with Gasteiger partial charge in [-0.2, -0.15) is 26.3 Å². The molecule has 158 valence electrons. The zero-order valence-corrected chi connectivity index (χ0v) is 16.2. The lowest BCUT2D eigenvalue weighted by Gasteiger charge is -2.24. The van der Waals surface area contributed by atoms with Gasteiger partial charge >= 0.3 is 12.4 Å². The molecule has 0 saturated heterocycles. The number of nitrogens with zero attached hydrogens (tertiary/aromatic N) is 1. The number of halogens is 6. The molecule has 0 aliphatic rings. The van der Waals surface area contributed by atoms with Crippen LogP contribution in [0.2, 0.25) is 0 Å². The van der Waals surface area contributed by atoms with E-state index >= 15 is 0 Å². The fraction of sp³-hybridized carbons (Fsp3) is 0.368. The summed E-state index contributed by atoms with van der Waals surface area (Å²) in [6.07, 6.45) is -6.37. The van der Waals surface area contributed by atoms with Crippen LogP contribution < -0.4 is 10.6 Å². The highest BCUT2D eigenvalue weighted by atomic mass is 32.1. The first-order valence-electron chi connectivity index (χ1n) is 8.77. The van der Waals surface area contributed by atoms with Crippen molar-refractivity contribution in [2.24, 2.45) is 0 Å². The van der Waals surface area contributed by atoms with E-state index < -0.39 is 29.5 Å². The molecule has 0 aliphatic carbocycles. The molecule has 0 radical (unpaired) electrons. The first-order valence-corrected chi connectivity index (χ1v) is 9.18. The van der Waals surface area contributed by atoms with Crippen molar-refractivity contribution in [1.82, 2.24) is 15.6 Å². The molecule has 0 amide bonds. The number of hydrogen-bond donors (Lipinski definition) is 2. The molecule has 2 aromatic rings. The van der Waals surface area contributed by atoms with E-state index in [0.29, 0.717) is 6.54 Å². The molecule has 2 rings (SSSR count). The van der Waals surface area contributed by atoms with Gasteiger partial charge in [-0.05, 0) is 48.5 Å². The number of pyridine rings is 1. The predicted octanol–water partition coefficient (Wildman–Crippen LogP) is 5.47. The Kier molecular flexibility index (Phi) is 7.45. The minimum atomic E-state index is -4.69. The van der Waals surface area contributed by atoms with Crippen LogP contribution in [0.1, 0.15) is 48.2 Å². The average Bonchev–Trinajstić information content (AvgIpc) is 2.65. The first kappa shape index (κ1) is 22.9. The van der Waals surface area contributed by atoms with E-state index in [4.69, 9.17) is 12.2 Å². The Balaban J connectivity index is 2.43. The van der Waals surface area contributed by atoms with Crippen LogP contribution >= 0.6 is 12.2 Å². The smallest absolute Gasteiger partial charge is 0.363 e. The van der Waals surface area contributed by atoms with Gasteiger partial charge in [0.25, 0.3) is 0 Å². The van der Waals surface area contributed by atoms with E-state index in [9.17, 15) is 26.3 Å². The maximum Gasteiger partial charge on any atom is 0.418 e. The number of aromatic nitrogens is 1. The Labute approximate surface area is 169 Å². The summed E-state index contributed by atoms with van der Waals surface area (Å²) in [5, 5.41) is 5.72. The summed E-state index contributed by atoms with van der Waals surface area (Å²) in [5.74, 6) is 0. The topological polar surface area (TPSA) is 37.0 Å². The quantitative estimate of drug-likeness (QED) is 0.358. The maximum absolute atomic E-state index is 13.5. The minimum absolute atomic E-state index is 0.0853. The second-order valence-electron chi connectivity index (χ2n) is 6.24. The monoisotopic (exact) mass is 435 g/mol. The van der Waals surface area contributed by atoms with Gasteiger partial charge in [-0.25, -0.2) is 0 Å². The Hall–Kier alpha value is -2.36. The Morgan fingerprint density at radius 2 is 1.69 bits per heavy atom. The summed E-state index contributed by atoms with van der Waals surface area (Å²) < 4.78 is 78.9. The molecule has 0 saturated carbocycles. The predicted molar refractivity (Wildman–Crippen MR) is 101 cm³/mol. The summed E-state index contributed by atoms with van der Waals surface area (Å²) in [6, 6.07) is 4.69. The number of hydrogen-bond acceptors (Lipinski definition) is 2. The highest BCUT2D eigenvalue weighted by Crippen LogP contribution is 2.36. The average molecular weight is 435 g/mol. The third-order valence-electron chi connectivity index (χ3n) is 4.08. The molecule has 3 nitrogen and oxygen atoms in total. The van der Waals surface area contributed by atoms with Crippen molar-refractivity contribution in [2.75, 3.05) is 6.54 Å². The molecule has 1 aromatic carbocycles. The molecule has 10 heteroatoms. The van der Waals surface area contributed by atoms with Crippen LogP contribution in [0.4, 0.5) is 26.3 Å². The molecule has 29 heavy (non-hydrogen) atoms. The molecule has 2 N–H and O–H groups in total. The number of unbranched alkanes of at least 4 members (excludes halogenated alkanes) is 1. The van der Waals surface area contributed by atoms with Gasteiger partial charge in [0.05, 0.1) is 22.9 Å². The van der Waals surface area contributed by atoms with Gasteiger partial charge in [-0.1, -0.05) is 25.5 Å². The SMILES string of the molecule is CCCCNC(=S)NC(c1ccc(C(F)(F)F)cc1)c1ncccc1C(F)(F)F. The third kappa shape index (κ3) is 6.31. The van der Waals surface area contributed by atoms with E-state index in [-0.39, 0.29) is 16.4 Å². The molecule has 0 spiro atoms. The largest absolute Gasteiger partial charge is 0.418 e. The Morgan fingerprint density at radius 3 is 2.24 bits per heavy atom. The van der Waals surface area contributed by atoms with Gasteiger partial charge in [0.15, 0.2) is 5.11 Å². The number of rotatable bonds is 6. The molecule has 0 fully saturated rings. The molecule has 1 unspecified atom stereocenters. The number of benzene rings is 1. The second kappa shape index (κ2) is 9.43. The summed E-state index contributed by atoms with van der Waals surface area (Å²) in [7, 11) is 0. The van der Waals surface area contributed by atoms with Crippen LogP contribution in [-0.2, 0) is 12.4 Å². The van der Waals surface area contributed by atoms with Gasteiger partial charge in [0, 0.05) is 12.7 Å². The van der Waals surface area contributed by atoms with Crippen LogP contribution in [0.5, 0.6) is 0 Å². The minimum Gasteiger partial charge on any atom is -0.363 e. The highest BCUT2D eigenvalue weighted by molar-refractivity contribution is 7.80. The molecule has 1 atom stereocenters. The Bertz CT molecular complexity index is 818. The van der Waals surface area contributed by atoms with Gasteiger partial charge in [0.1, 0.15) is 0 Å². The van der Waals surface area contributed by atoms with E-state index in [1.54, 1.807) is 0 Å². The number of alkyl halides is 6. The number of thiocarbonyl (C=S) groups is 1. The maximum atomic E-state index is 13.5.